The molecule has 0 N–H and O–H groups in total. The maximum absolute atomic E-state index is 12.2. The van der Waals surface area contributed by atoms with E-state index in [2.05, 4.69) is 27.0 Å². The maximum atomic E-state index is 12.2. The number of hydrogen-bond acceptors (Lipinski definition) is 3. The van der Waals surface area contributed by atoms with Crippen LogP contribution in [0.1, 0.15) is 16.7 Å². The van der Waals surface area contributed by atoms with Crippen molar-refractivity contribution in [2.75, 3.05) is 6.61 Å². The molecule has 4 heteroatoms. The van der Waals surface area contributed by atoms with E-state index < -0.39 is 0 Å². The monoisotopic (exact) mass is 331 g/mol. The third kappa shape index (κ3) is 2.90. The summed E-state index contributed by atoms with van der Waals surface area (Å²) in [6.45, 7) is 0.706. The number of Topliss-reactive ketones (excluding diaryl/α,β-unsaturated/α-hetero) is 1. The number of hydrogen-bond donors (Lipinski definition) is 0. The maximum Gasteiger partial charge on any atom is 0.141 e. The second-order valence-electron chi connectivity index (χ2n) is 4.90. The smallest absolute Gasteiger partial charge is 0.141 e. The molecule has 3 rings (SSSR count). The molecule has 0 fully saturated rings. The van der Waals surface area contributed by atoms with Crippen LogP contribution in [0.15, 0.2) is 41.1 Å². The van der Waals surface area contributed by atoms with Gasteiger partial charge in [0, 0.05) is 41.7 Å². The first-order valence-corrected chi connectivity index (χ1v) is 7.36. The molecule has 0 bridgehead atoms. The Kier molecular flexibility index (Phi) is 3.83. The number of ketones is 1. The number of nitrogens with zero attached hydrogens (tertiary/aromatic N) is 1. The van der Waals surface area contributed by atoms with Gasteiger partial charge in [-0.2, -0.15) is 0 Å². The Morgan fingerprint density at radius 1 is 1.25 bits per heavy atom. The van der Waals surface area contributed by atoms with E-state index in [9.17, 15) is 4.79 Å². The van der Waals surface area contributed by atoms with Crippen LogP contribution in [0, 0.1) is 0 Å². The van der Waals surface area contributed by atoms with Gasteiger partial charge >= 0.3 is 0 Å². The predicted molar refractivity (Wildman–Crippen MR) is 80.0 cm³/mol. The molecule has 3 nitrogen and oxygen atoms in total. The SMILES string of the molecule is O=C(Cc1ccncc1)Cc1cc(Br)cc2c1OCC2. The van der Waals surface area contributed by atoms with Gasteiger partial charge in [0.25, 0.3) is 0 Å². The van der Waals surface area contributed by atoms with E-state index in [4.69, 9.17) is 4.74 Å². The van der Waals surface area contributed by atoms with E-state index in [-0.39, 0.29) is 5.78 Å². The lowest BCUT2D eigenvalue weighted by Gasteiger charge is -2.08. The summed E-state index contributed by atoms with van der Waals surface area (Å²) in [7, 11) is 0. The molecule has 1 aliphatic heterocycles. The summed E-state index contributed by atoms with van der Waals surface area (Å²) in [6, 6.07) is 7.80. The molecule has 0 atom stereocenters. The fraction of sp³-hybridized carbons (Fsp3) is 0.250. The Hall–Kier alpha value is -1.68. The van der Waals surface area contributed by atoms with E-state index in [0.29, 0.717) is 19.4 Å². The minimum atomic E-state index is 0.187. The van der Waals surface area contributed by atoms with Gasteiger partial charge in [-0.05, 0) is 35.4 Å². The largest absolute Gasteiger partial charge is 0.493 e. The van der Waals surface area contributed by atoms with Crippen LogP contribution in [0.4, 0.5) is 0 Å². The van der Waals surface area contributed by atoms with Crippen molar-refractivity contribution in [2.24, 2.45) is 0 Å². The molecule has 2 heterocycles. The molecule has 0 radical (unpaired) electrons. The van der Waals surface area contributed by atoms with Gasteiger partial charge in [0.15, 0.2) is 0 Å². The molecule has 0 amide bonds. The van der Waals surface area contributed by atoms with Crippen molar-refractivity contribution in [3.63, 3.8) is 0 Å². The Labute approximate surface area is 126 Å². The summed E-state index contributed by atoms with van der Waals surface area (Å²) in [5.41, 5.74) is 3.16. The number of benzene rings is 1. The number of carbonyl (C=O) groups excluding carboxylic acids is 1. The summed E-state index contributed by atoms with van der Waals surface area (Å²) < 4.78 is 6.66. The van der Waals surface area contributed by atoms with Crippen molar-refractivity contribution in [3.8, 4) is 5.75 Å². The highest BCUT2D eigenvalue weighted by atomic mass is 79.9. The predicted octanol–water partition coefficient (Wildman–Crippen LogP) is 3.13. The van der Waals surface area contributed by atoms with Crippen LogP contribution in [0.5, 0.6) is 5.75 Å². The molecule has 102 valence electrons. The van der Waals surface area contributed by atoms with Gasteiger partial charge < -0.3 is 4.74 Å². The van der Waals surface area contributed by atoms with Crippen molar-refractivity contribution in [2.45, 2.75) is 19.3 Å². The van der Waals surface area contributed by atoms with Crippen LogP contribution in [0.2, 0.25) is 0 Å². The van der Waals surface area contributed by atoms with Crippen LogP contribution >= 0.6 is 15.9 Å². The van der Waals surface area contributed by atoms with E-state index in [1.807, 2.05) is 18.2 Å². The van der Waals surface area contributed by atoms with Gasteiger partial charge in [0.05, 0.1) is 6.61 Å². The molecule has 1 aromatic carbocycles. The number of ether oxygens (including phenoxy) is 1. The van der Waals surface area contributed by atoms with Crippen molar-refractivity contribution in [1.82, 2.24) is 4.98 Å². The second-order valence-corrected chi connectivity index (χ2v) is 5.81. The number of halogens is 1. The van der Waals surface area contributed by atoms with Gasteiger partial charge in [-0.25, -0.2) is 0 Å². The van der Waals surface area contributed by atoms with Crippen LogP contribution < -0.4 is 4.74 Å². The van der Waals surface area contributed by atoms with E-state index in [1.54, 1.807) is 12.4 Å². The molecule has 0 spiro atoms. The second kappa shape index (κ2) is 5.75. The lowest BCUT2D eigenvalue weighted by atomic mass is 10.0. The summed E-state index contributed by atoms with van der Waals surface area (Å²) >= 11 is 3.50. The van der Waals surface area contributed by atoms with Crippen LogP contribution in [-0.4, -0.2) is 17.4 Å². The Balaban J connectivity index is 1.77. The first-order chi connectivity index (χ1) is 9.72. The standard InChI is InChI=1S/C16H14BrNO2/c17-14-8-12-3-6-20-16(12)13(9-14)10-15(19)7-11-1-4-18-5-2-11/h1-2,4-5,8-9H,3,6-7,10H2. The lowest BCUT2D eigenvalue weighted by Crippen LogP contribution is -2.07. The molecule has 0 saturated heterocycles. The molecule has 20 heavy (non-hydrogen) atoms. The quantitative estimate of drug-likeness (QED) is 0.864. The van der Waals surface area contributed by atoms with Crippen molar-refractivity contribution in [1.29, 1.82) is 0 Å². The summed E-state index contributed by atoms with van der Waals surface area (Å²) in [4.78, 5) is 16.2. The van der Waals surface area contributed by atoms with E-state index in [0.717, 1.165) is 27.8 Å². The van der Waals surface area contributed by atoms with Crippen molar-refractivity contribution in [3.05, 3.63) is 57.8 Å². The fourth-order valence-corrected chi connectivity index (χ4v) is 3.03. The zero-order valence-corrected chi connectivity index (χ0v) is 12.5. The van der Waals surface area contributed by atoms with Crippen LogP contribution in [0.25, 0.3) is 0 Å². The van der Waals surface area contributed by atoms with Crippen molar-refractivity contribution < 1.29 is 9.53 Å². The third-order valence-corrected chi connectivity index (χ3v) is 3.82. The summed E-state index contributed by atoms with van der Waals surface area (Å²) in [5, 5.41) is 0. The number of carbonyl (C=O) groups is 1. The highest BCUT2D eigenvalue weighted by molar-refractivity contribution is 9.10. The van der Waals surface area contributed by atoms with Crippen LogP contribution in [-0.2, 0) is 24.1 Å². The molecule has 1 aromatic heterocycles. The zero-order valence-electron chi connectivity index (χ0n) is 10.9. The van der Waals surface area contributed by atoms with Gasteiger partial charge in [-0.15, -0.1) is 0 Å². The number of fused-ring (bicyclic) bond motifs is 1. The topological polar surface area (TPSA) is 39.2 Å². The molecular weight excluding hydrogens is 318 g/mol. The summed E-state index contributed by atoms with van der Waals surface area (Å²) in [5.74, 6) is 1.09. The van der Waals surface area contributed by atoms with Gasteiger partial charge in [0.2, 0.25) is 0 Å². The van der Waals surface area contributed by atoms with Gasteiger partial charge in [-0.3, -0.25) is 9.78 Å². The van der Waals surface area contributed by atoms with E-state index in [1.165, 1.54) is 5.56 Å². The van der Waals surface area contributed by atoms with E-state index >= 15 is 0 Å². The summed E-state index contributed by atoms with van der Waals surface area (Å²) in [6.07, 6.45) is 5.18. The molecule has 2 aromatic rings. The molecule has 0 aliphatic carbocycles. The number of aromatic nitrogens is 1. The number of pyridine rings is 1. The Morgan fingerprint density at radius 2 is 2.05 bits per heavy atom. The van der Waals surface area contributed by atoms with Crippen molar-refractivity contribution >= 4 is 21.7 Å². The zero-order chi connectivity index (χ0) is 13.9. The third-order valence-electron chi connectivity index (χ3n) is 3.36. The fourth-order valence-electron chi connectivity index (χ4n) is 2.48. The molecular formula is C16H14BrNO2. The minimum absolute atomic E-state index is 0.187. The van der Waals surface area contributed by atoms with Gasteiger partial charge in [-0.1, -0.05) is 15.9 Å². The van der Waals surface area contributed by atoms with Gasteiger partial charge in [0.1, 0.15) is 11.5 Å². The molecule has 0 saturated carbocycles. The van der Waals surface area contributed by atoms with Crippen LogP contribution in [0.3, 0.4) is 0 Å². The highest BCUT2D eigenvalue weighted by Crippen LogP contribution is 2.33. The molecule has 1 aliphatic rings. The average Bonchev–Trinajstić information content (AvgIpc) is 2.88. The Bertz CT molecular complexity index is 640. The normalized spacial score (nSPS) is 12.8. The average molecular weight is 332 g/mol. The lowest BCUT2D eigenvalue weighted by molar-refractivity contribution is -0.117. The Morgan fingerprint density at radius 3 is 2.85 bits per heavy atom. The minimum Gasteiger partial charge on any atom is -0.493 e. The highest BCUT2D eigenvalue weighted by Gasteiger charge is 2.19. The first-order valence-electron chi connectivity index (χ1n) is 6.57. The number of rotatable bonds is 4. The molecule has 0 unspecified atom stereocenters. The first kappa shape index (κ1) is 13.3.